The summed E-state index contributed by atoms with van der Waals surface area (Å²) in [5.74, 6) is -0.0663. The molecule has 1 aliphatic heterocycles. The maximum absolute atomic E-state index is 12.0. The number of rotatable bonds is 5. The molecule has 3 heterocycles. The first-order valence-corrected chi connectivity index (χ1v) is 9.07. The first-order valence-electron chi connectivity index (χ1n) is 8.69. The van der Waals surface area contributed by atoms with E-state index in [2.05, 4.69) is 25.5 Å². The van der Waals surface area contributed by atoms with Gasteiger partial charge in [-0.15, -0.1) is 0 Å². The number of H-pyrrole nitrogens is 1. The summed E-state index contributed by atoms with van der Waals surface area (Å²) in [6, 6.07) is -0.169. The van der Waals surface area contributed by atoms with Crippen LogP contribution in [0.1, 0.15) is 32.6 Å². The topological polar surface area (TPSA) is 110 Å². The van der Waals surface area contributed by atoms with E-state index in [0.29, 0.717) is 29.3 Å². The summed E-state index contributed by atoms with van der Waals surface area (Å²) in [4.78, 5) is 32.4. The Morgan fingerprint density at radius 2 is 2.31 bits per heavy atom. The Hall–Kier alpha value is -2.48. The van der Waals surface area contributed by atoms with Gasteiger partial charge in [-0.05, 0) is 19.3 Å². The summed E-state index contributed by atoms with van der Waals surface area (Å²) in [7, 11) is 0. The number of nitrogens with zero attached hydrogens (tertiary/aromatic N) is 2. The van der Waals surface area contributed by atoms with Crippen LogP contribution in [-0.2, 0) is 4.79 Å². The van der Waals surface area contributed by atoms with Crippen molar-refractivity contribution in [3.05, 3.63) is 17.4 Å². The maximum atomic E-state index is 12.0. The number of nitrogens with one attached hydrogen (secondary N) is 3. The number of carbonyl (C=O) groups excluding carboxylic acids is 1. The highest BCUT2D eigenvalue weighted by Crippen LogP contribution is 2.38. The van der Waals surface area contributed by atoms with Crippen molar-refractivity contribution in [2.75, 3.05) is 23.3 Å². The Morgan fingerprint density at radius 1 is 1.50 bits per heavy atom. The molecule has 0 aliphatic carbocycles. The molecule has 0 saturated carbocycles. The quantitative estimate of drug-likeness (QED) is 0.637. The lowest BCUT2D eigenvalue weighted by molar-refractivity contribution is -0.116. The minimum atomic E-state index is -1.03. The average Bonchev–Trinajstić information content (AvgIpc) is 2.97. The van der Waals surface area contributed by atoms with Gasteiger partial charge in [-0.25, -0.2) is 9.78 Å². The van der Waals surface area contributed by atoms with Crippen LogP contribution in [0, 0.1) is 0 Å². The third-order valence-corrected chi connectivity index (χ3v) is 4.72. The van der Waals surface area contributed by atoms with Crippen LogP contribution in [0.25, 0.3) is 11.0 Å². The van der Waals surface area contributed by atoms with Crippen molar-refractivity contribution in [1.82, 2.24) is 15.3 Å². The van der Waals surface area contributed by atoms with Gasteiger partial charge in [0.15, 0.2) is 0 Å². The molecule has 0 spiro atoms. The fourth-order valence-corrected chi connectivity index (χ4v) is 3.64. The van der Waals surface area contributed by atoms with Crippen LogP contribution < -0.4 is 15.5 Å². The van der Waals surface area contributed by atoms with Gasteiger partial charge in [-0.2, -0.15) is 0 Å². The normalized spacial score (nSPS) is 17.3. The van der Waals surface area contributed by atoms with E-state index < -0.39 is 6.09 Å². The van der Waals surface area contributed by atoms with E-state index in [1.807, 2.05) is 6.92 Å². The number of hydrogen-bond acceptors (Lipinski definition) is 4. The Bertz CT molecular complexity index is 822. The summed E-state index contributed by atoms with van der Waals surface area (Å²) >= 11 is 6.45. The van der Waals surface area contributed by atoms with Crippen LogP contribution in [-0.4, -0.2) is 46.2 Å². The molecular weight excluding hydrogens is 358 g/mol. The molecule has 0 bridgehead atoms. The number of aromatic nitrogens is 2. The molecule has 4 N–H and O–H groups in total. The molecule has 1 fully saturated rings. The number of anilines is 2. The molecule has 3 rings (SSSR count). The summed E-state index contributed by atoms with van der Waals surface area (Å²) < 4.78 is 0. The number of carbonyl (C=O) groups is 2. The molecule has 9 heteroatoms. The average molecular weight is 380 g/mol. The van der Waals surface area contributed by atoms with Crippen LogP contribution in [0.2, 0.25) is 5.02 Å². The predicted molar refractivity (Wildman–Crippen MR) is 101 cm³/mol. The van der Waals surface area contributed by atoms with E-state index >= 15 is 0 Å². The lowest BCUT2D eigenvalue weighted by Gasteiger charge is -2.35. The third-order valence-electron chi connectivity index (χ3n) is 4.45. The van der Waals surface area contributed by atoms with Gasteiger partial charge in [0.1, 0.15) is 5.65 Å². The second-order valence-corrected chi connectivity index (χ2v) is 6.82. The zero-order valence-electron chi connectivity index (χ0n) is 14.5. The van der Waals surface area contributed by atoms with Gasteiger partial charge in [-0.3, -0.25) is 4.79 Å². The van der Waals surface area contributed by atoms with Crippen molar-refractivity contribution < 1.29 is 14.7 Å². The molecule has 2 aromatic rings. The third kappa shape index (κ3) is 3.85. The Kier molecular flexibility index (Phi) is 5.51. The fraction of sp³-hybridized carbons (Fsp3) is 0.471. The molecule has 1 saturated heterocycles. The van der Waals surface area contributed by atoms with Gasteiger partial charge in [0, 0.05) is 31.7 Å². The molecular formula is C17H22ClN5O3. The minimum absolute atomic E-state index is 0.0663. The molecule has 26 heavy (non-hydrogen) atoms. The number of aromatic amines is 1. The summed E-state index contributed by atoms with van der Waals surface area (Å²) in [5.41, 5.74) is 2.03. The number of halogens is 1. The zero-order chi connectivity index (χ0) is 18.7. The minimum Gasteiger partial charge on any atom is -0.465 e. The standard InChI is InChI=1S/C17H22ClN5O3/c1-2-4-13(24)22-12-8-20-16-14(12)15(11(18)7-19-16)23-6-3-5-10(9-23)21-17(25)26/h7-8,10,21H,2-6,9H2,1H3,(H,19,20)(H,22,24)(H,25,26). The van der Waals surface area contributed by atoms with Crippen LogP contribution in [0.5, 0.6) is 0 Å². The molecule has 140 valence electrons. The molecule has 8 nitrogen and oxygen atoms in total. The zero-order valence-corrected chi connectivity index (χ0v) is 15.3. The number of pyridine rings is 1. The van der Waals surface area contributed by atoms with Crippen LogP contribution >= 0.6 is 11.6 Å². The summed E-state index contributed by atoms with van der Waals surface area (Å²) in [6.45, 7) is 3.21. The molecule has 0 aromatic carbocycles. The number of fused-ring (bicyclic) bond motifs is 1. The van der Waals surface area contributed by atoms with Crippen molar-refractivity contribution in [1.29, 1.82) is 0 Å². The SMILES string of the molecule is CCCC(=O)Nc1c[nH]c2ncc(Cl)c(N3CCCC(NC(=O)O)C3)c12. The Labute approximate surface area is 155 Å². The van der Waals surface area contributed by atoms with Gasteiger partial charge in [0.2, 0.25) is 5.91 Å². The molecule has 2 aromatic heterocycles. The number of carboxylic acid groups (broad SMARTS) is 1. The number of amides is 2. The first kappa shape index (κ1) is 18.3. The van der Waals surface area contributed by atoms with Crippen LogP contribution in [0.3, 0.4) is 0 Å². The van der Waals surface area contributed by atoms with E-state index in [1.54, 1.807) is 12.4 Å². The smallest absolute Gasteiger partial charge is 0.404 e. The molecule has 0 radical (unpaired) electrons. The van der Waals surface area contributed by atoms with Crippen molar-refractivity contribution in [2.24, 2.45) is 0 Å². The van der Waals surface area contributed by atoms with E-state index in [-0.39, 0.29) is 11.9 Å². The van der Waals surface area contributed by atoms with Gasteiger partial charge < -0.3 is 25.6 Å². The van der Waals surface area contributed by atoms with Gasteiger partial charge >= 0.3 is 6.09 Å². The summed E-state index contributed by atoms with van der Waals surface area (Å²) in [5, 5.41) is 15.7. The molecule has 1 aliphatic rings. The monoisotopic (exact) mass is 379 g/mol. The van der Waals surface area contributed by atoms with E-state index in [4.69, 9.17) is 16.7 Å². The highest BCUT2D eigenvalue weighted by Gasteiger charge is 2.26. The number of hydrogen-bond donors (Lipinski definition) is 4. The largest absolute Gasteiger partial charge is 0.465 e. The second kappa shape index (κ2) is 7.82. The van der Waals surface area contributed by atoms with Crippen LogP contribution in [0.4, 0.5) is 16.2 Å². The Morgan fingerprint density at radius 3 is 3.04 bits per heavy atom. The maximum Gasteiger partial charge on any atom is 0.404 e. The van der Waals surface area contributed by atoms with Crippen molar-refractivity contribution in [3.8, 4) is 0 Å². The van der Waals surface area contributed by atoms with Gasteiger partial charge in [0.05, 0.1) is 28.0 Å². The lowest BCUT2D eigenvalue weighted by Crippen LogP contribution is -2.47. The highest BCUT2D eigenvalue weighted by atomic mass is 35.5. The highest BCUT2D eigenvalue weighted by molar-refractivity contribution is 6.35. The van der Waals surface area contributed by atoms with Crippen molar-refractivity contribution in [3.63, 3.8) is 0 Å². The molecule has 2 amide bonds. The van der Waals surface area contributed by atoms with Crippen LogP contribution in [0.15, 0.2) is 12.4 Å². The Balaban J connectivity index is 1.96. The second-order valence-electron chi connectivity index (χ2n) is 6.41. The van der Waals surface area contributed by atoms with Crippen molar-refractivity contribution in [2.45, 2.75) is 38.6 Å². The van der Waals surface area contributed by atoms with E-state index in [1.165, 1.54) is 0 Å². The van der Waals surface area contributed by atoms with Gasteiger partial charge in [0.25, 0.3) is 0 Å². The van der Waals surface area contributed by atoms with E-state index in [9.17, 15) is 9.59 Å². The molecule has 1 unspecified atom stereocenters. The predicted octanol–water partition coefficient (Wildman–Crippen LogP) is 3.19. The number of piperidine rings is 1. The fourth-order valence-electron chi connectivity index (χ4n) is 3.38. The van der Waals surface area contributed by atoms with E-state index in [0.717, 1.165) is 36.9 Å². The van der Waals surface area contributed by atoms with Crippen molar-refractivity contribution >= 4 is 46.0 Å². The first-order chi connectivity index (χ1) is 12.5. The summed E-state index contributed by atoms with van der Waals surface area (Å²) in [6.07, 6.45) is 5.06. The molecule has 1 atom stereocenters. The lowest BCUT2D eigenvalue weighted by atomic mass is 10.0. The van der Waals surface area contributed by atoms with Gasteiger partial charge in [-0.1, -0.05) is 18.5 Å².